The molecule has 10 heteroatoms. The van der Waals surface area contributed by atoms with E-state index in [1.807, 2.05) is 74.5 Å². The quantitative estimate of drug-likeness (QED) is 0.152. The monoisotopic (exact) mass is 724 g/mol. The van der Waals surface area contributed by atoms with Gasteiger partial charge in [-0.3, -0.25) is 9.36 Å². The van der Waals surface area contributed by atoms with Gasteiger partial charge in [-0.25, -0.2) is 9.79 Å². The number of aromatic nitrogens is 1. The van der Waals surface area contributed by atoms with Crippen molar-refractivity contribution in [3.8, 4) is 17.2 Å². The van der Waals surface area contributed by atoms with Crippen LogP contribution in [0.25, 0.3) is 6.08 Å². The molecule has 3 aromatic carbocycles. The third kappa shape index (κ3) is 6.76. The van der Waals surface area contributed by atoms with Crippen LogP contribution in [0.5, 0.6) is 17.2 Å². The number of ether oxygens (including phenoxy) is 4. The van der Waals surface area contributed by atoms with Crippen molar-refractivity contribution in [2.75, 3.05) is 13.7 Å². The Labute approximate surface area is 273 Å². The first-order chi connectivity index (χ1) is 21.2. The summed E-state index contributed by atoms with van der Waals surface area (Å²) >= 11 is 3.52. The number of carbonyl (C=O) groups excluding carboxylic acids is 1. The first-order valence-electron chi connectivity index (χ1n) is 14.2. The van der Waals surface area contributed by atoms with Crippen molar-refractivity contribution in [3.05, 3.63) is 118 Å². The predicted molar refractivity (Wildman–Crippen MR) is 179 cm³/mol. The van der Waals surface area contributed by atoms with E-state index >= 15 is 0 Å². The molecule has 1 aromatic heterocycles. The molecule has 0 N–H and O–H groups in total. The van der Waals surface area contributed by atoms with Gasteiger partial charge in [-0.2, -0.15) is 0 Å². The first-order valence-corrected chi connectivity index (χ1v) is 16.1. The lowest BCUT2D eigenvalue weighted by molar-refractivity contribution is -0.139. The van der Waals surface area contributed by atoms with Gasteiger partial charge in [0.05, 0.1) is 45.2 Å². The Morgan fingerprint density at radius 1 is 1.07 bits per heavy atom. The molecule has 8 nitrogen and oxygen atoms in total. The molecule has 0 unspecified atom stereocenters. The lowest BCUT2D eigenvalue weighted by atomic mass is 9.95. The fourth-order valence-corrected chi connectivity index (χ4v) is 6.66. The van der Waals surface area contributed by atoms with Gasteiger partial charge < -0.3 is 18.9 Å². The zero-order valence-electron chi connectivity index (χ0n) is 25.1. The van der Waals surface area contributed by atoms with Crippen molar-refractivity contribution in [3.63, 3.8) is 0 Å². The van der Waals surface area contributed by atoms with Gasteiger partial charge in [-0.1, -0.05) is 53.8 Å². The fraction of sp³-hybridized carbons (Fsp3) is 0.265. The number of fused-ring (bicyclic) bond motifs is 1. The number of allylic oxidation sites excluding steroid dienone is 1. The molecule has 1 aliphatic heterocycles. The third-order valence-corrected chi connectivity index (χ3v) is 8.70. The van der Waals surface area contributed by atoms with Crippen LogP contribution in [-0.4, -0.2) is 30.4 Å². The molecule has 1 atom stereocenters. The summed E-state index contributed by atoms with van der Waals surface area (Å²) in [6.07, 6.45) is 1.78. The standard InChI is InChI=1S/C34H33IN2O6S/c1-6-41-33(39)30-21(4)36-34-37(31(30)24-13-15-27(43-20(2)3)28(18-24)40-5)32(38)29(44-34)17-23-12-14-26(25(35)16-23)42-19-22-10-8-7-9-11-22/h7-18,20,31H,6,19H2,1-5H3/b29-17-/t31-/m1/s1. The fourth-order valence-electron chi connectivity index (χ4n) is 4.92. The Balaban J connectivity index is 1.56. The minimum atomic E-state index is -0.761. The molecule has 0 fully saturated rings. The topological polar surface area (TPSA) is 88.4 Å². The Morgan fingerprint density at radius 2 is 1.82 bits per heavy atom. The molecule has 1 aliphatic rings. The molecule has 2 heterocycles. The van der Waals surface area contributed by atoms with E-state index in [1.165, 1.54) is 11.3 Å². The normalized spacial score (nSPS) is 14.7. The molecule has 0 aliphatic carbocycles. The van der Waals surface area contributed by atoms with Crippen molar-refractivity contribution in [1.29, 1.82) is 0 Å². The molecular formula is C34H33IN2O6S. The predicted octanol–water partition coefficient (Wildman–Crippen LogP) is 5.78. The minimum absolute atomic E-state index is 0.0581. The minimum Gasteiger partial charge on any atom is -0.493 e. The number of halogens is 1. The van der Waals surface area contributed by atoms with Crippen molar-refractivity contribution < 1.29 is 23.7 Å². The SMILES string of the molecule is CCOC(=O)C1=C(C)N=c2s/c(=C\c3ccc(OCc4ccccc4)c(I)c3)c(=O)n2[C@@H]1c1ccc(OC(C)C)c(OC)c1. The van der Waals surface area contributed by atoms with Gasteiger partial charge in [-0.15, -0.1) is 0 Å². The lowest BCUT2D eigenvalue weighted by Crippen LogP contribution is -2.40. The van der Waals surface area contributed by atoms with Gasteiger partial charge in [0.1, 0.15) is 12.4 Å². The van der Waals surface area contributed by atoms with Gasteiger partial charge in [0.15, 0.2) is 16.3 Å². The molecular weight excluding hydrogens is 691 g/mol. The summed E-state index contributed by atoms with van der Waals surface area (Å²) in [7, 11) is 1.56. The second kappa shape index (κ2) is 13.8. The van der Waals surface area contributed by atoms with Crippen LogP contribution in [0.15, 0.2) is 87.8 Å². The molecule has 0 radical (unpaired) electrons. The Morgan fingerprint density at radius 3 is 2.50 bits per heavy atom. The van der Waals surface area contributed by atoms with E-state index in [2.05, 4.69) is 27.6 Å². The highest BCUT2D eigenvalue weighted by molar-refractivity contribution is 14.1. The van der Waals surface area contributed by atoms with Crippen LogP contribution in [0.3, 0.4) is 0 Å². The number of rotatable bonds is 10. The highest BCUT2D eigenvalue weighted by Gasteiger charge is 2.34. The number of methoxy groups -OCH3 is 1. The van der Waals surface area contributed by atoms with E-state index in [4.69, 9.17) is 18.9 Å². The number of benzene rings is 3. The highest BCUT2D eigenvalue weighted by Crippen LogP contribution is 2.36. The van der Waals surface area contributed by atoms with Crippen LogP contribution in [-0.2, 0) is 16.1 Å². The summed E-state index contributed by atoms with van der Waals surface area (Å²) in [6.45, 7) is 8.04. The first kappa shape index (κ1) is 31.5. The maximum atomic E-state index is 14.0. The van der Waals surface area contributed by atoms with Crippen LogP contribution in [0, 0.1) is 3.57 Å². The number of hydrogen-bond donors (Lipinski definition) is 0. The number of hydrogen-bond acceptors (Lipinski definition) is 8. The number of thiazole rings is 1. The van der Waals surface area contributed by atoms with Crippen LogP contribution in [0.2, 0.25) is 0 Å². The molecule has 0 amide bonds. The summed E-state index contributed by atoms with van der Waals surface area (Å²) < 4.78 is 26.0. The molecule has 44 heavy (non-hydrogen) atoms. The lowest BCUT2D eigenvalue weighted by Gasteiger charge is -2.25. The largest absolute Gasteiger partial charge is 0.493 e. The maximum Gasteiger partial charge on any atom is 0.338 e. The van der Waals surface area contributed by atoms with Gasteiger partial charge in [0.2, 0.25) is 0 Å². The molecule has 228 valence electrons. The Hall–Kier alpha value is -3.90. The Bertz CT molecular complexity index is 1890. The van der Waals surface area contributed by atoms with E-state index in [0.717, 1.165) is 20.4 Å². The smallest absolute Gasteiger partial charge is 0.338 e. The summed E-state index contributed by atoms with van der Waals surface area (Å²) in [5.74, 6) is 1.32. The van der Waals surface area contributed by atoms with Crippen LogP contribution in [0.1, 0.15) is 50.4 Å². The van der Waals surface area contributed by atoms with Crippen LogP contribution in [0.4, 0.5) is 0 Å². The Kier molecular flexibility index (Phi) is 9.90. The second-order valence-electron chi connectivity index (χ2n) is 10.3. The summed E-state index contributed by atoms with van der Waals surface area (Å²) in [4.78, 5) is 32.5. The van der Waals surface area contributed by atoms with Gasteiger partial charge in [0.25, 0.3) is 5.56 Å². The molecule has 0 saturated carbocycles. The number of nitrogens with zero attached hydrogens (tertiary/aromatic N) is 2. The van der Waals surface area contributed by atoms with E-state index in [0.29, 0.717) is 44.3 Å². The highest BCUT2D eigenvalue weighted by atomic mass is 127. The van der Waals surface area contributed by atoms with Crippen molar-refractivity contribution in [2.45, 2.75) is 46.4 Å². The average Bonchev–Trinajstić information content (AvgIpc) is 3.30. The third-order valence-electron chi connectivity index (χ3n) is 6.87. The van der Waals surface area contributed by atoms with Gasteiger partial charge in [-0.05, 0) is 97.3 Å². The van der Waals surface area contributed by atoms with Crippen molar-refractivity contribution >= 4 is 46.0 Å². The number of carbonyl (C=O) groups is 1. The van der Waals surface area contributed by atoms with E-state index in [1.54, 1.807) is 37.7 Å². The van der Waals surface area contributed by atoms with Crippen LogP contribution < -0.4 is 29.1 Å². The van der Waals surface area contributed by atoms with Gasteiger partial charge in [0, 0.05) is 0 Å². The molecule has 0 bridgehead atoms. The average molecular weight is 725 g/mol. The van der Waals surface area contributed by atoms with E-state index in [9.17, 15) is 9.59 Å². The zero-order valence-corrected chi connectivity index (χ0v) is 28.1. The molecule has 4 aromatic rings. The van der Waals surface area contributed by atoms with E-state index < -0.39 is 12.0 Å². The second-order valence-corrected chi connectivity index (χ2v) is 12.5. The van der Waals surface area contributed by atoms with Crippen molar-refractivity contribution in [2.24, 2.45) is 4.99 Å². The molecule has 0 saturated heterocycles. The van der Waals surface area contributed by atoms with Gasteiger partial charge >= 0.3 is 5.97 Å². The van der Waals surface area contributed by atoms with E-state index in [-0.39, 0.29) is 18.3 Å². The number of esters is 1. The molecule has 5 rings (SSSR count). The zero-order chi connectivity index (χ0) is 31.4. The molecule has 0 spiro atoms. The summed E-state index contributed by atoms with van der Waals surface area (Å²) in [5, 5.41) is 0. The summed E-state index contributed by atoms with van der Waals surface area (Å²) in [6, 6.07) is 20.5. The van der Waals surface area contributed by atoms with Crippen LogP contribution >= 0.6 is 33.9 Å². The maximum absolute atomic E-state index is 14.0. The van der Waals surface area contributed by atoms with Crippen molar-refractivity contribution in [1.82, 2.24) is 4.57 Å². The summed E-state index contributed by atoms with van der Waals surface area (Å²) in [5.41, 5.74) is 3.16.